The monoisotopic (exact) mass is 560 g/mol. The number of carbonyl (C=O) groups is 1. The van der Waals surface area contributed by atoms with Crippen molar-refractivity contribution < 1.29 is 27.4 Å². The molecule has 1 saturated heterocycles. The Morgan fingerprint density at radius 3 is 2.17 bits per heavy atom. The van der Waals surface area contributed by atoms with Gasteiger partial charge < -0.3 is 14.8 Å². The molecule has 0 aromatic heterocycles. The van der Waals surface area contributed by atoms with Crippen molar-refractivity contribution >= 4 is 11.6 Å². The molecule has 0 radical (unpaired) electrons. The molecule has 41 heavy (non-hydrogen) atoms. The highest BCUT2D eigenvalue weighted by atomic mass is 19.1. The predicted octanol–water partition coefficient (Wildman–Crippen LogP) is 6.98. The number of ether oxygens (including phenoxy) is 2. The molecular weight excluding hydrogens is 529 g/mol. The van der Waals surface area contributed by atoms with E-state index >= 15 is 0 Å². The van der Waals surface area contributed by atoms with Crippen LogP contribution < -0.4 is 10.1 Å². The number of hydrogen-bond donors (Lipinski definition) is 1. The van der Waals surface area contributed by atoms with E-state index in [1.165, 1.54) is 35.9 Å². The summed E-state index contributed by atoms with van der Waals surface area (Å²) in [4.78, 5) is 15.4. The number of anilines is 1. The van der Waals surface area contributed by atoms with Crippen LogP contribution in [0.1, 0.15) is 17.5 Å². The maximum absolute atomic E-state index is 14.0. The number of benzene rings is 4. The minimum atomic E-state index is -0.593. The molecule has 5 rings (SSSR count). The zero-order valence-corrected chi connectivity index (χ0v) is 22.4. The standard InChI is InChI=1S/C33H31F3N2O3/c34-25-9-13-27(14-10-25)41-28-15-11-26(12-16-28)37-33(39)32-20-24(19-23-5-2-1-3-6-23)21-38(32)22-40-18-17-29-30(35)7-4-8-31(29)36/h1-16,24,32H,17-22H2,(H,37,39)/t24-,32+/m1/s1. The van der Waals surface area contributed by atoms with Crippen molar-refractivity contribution in [3.05, 3.63) is 126 Å². The Morgan fingerprint density at radius 1 is 0.829 bits per heavy atom. The Balaban J connectivity index is 1.20. The van der Waals surface area contributed by atoms with Gasteiger partial charge in [0.2, 0.25) is 5.91 Å². The number of carbonyl (C=O) groups excluding carboxylic acids is 1. The van der Waals surface area contributed by atoms with Crippen LogP contribution in [-0.2, 0) is 22.4 Å². The van der Waals surface area contributed by atoms with Gasteiger partial charge in [-0.05, 0) is 85.0 Å². The van der Waals surface area contributed by atoms with Gasteiger partial charge in [0, 0.05) is 24.2 Å². The van der Waals surface area contributed by atoms with Crippen LogP contribution in [0.4, 0.5) is 18.9 Å². The summed E-state index contributed by atoms with van der Waals surface area (Å²) in [5, 5.41) is 2.99. The first-order valence-corrected chi connectivity index (χ1v) is 13.6. The van der Waals surface area contributed by atoms with Crippen molar-refractivity contribution in [2.24, 2.45) is 5.92 Å². The molecule has 0 bridgehead atoms. The van der Waals surface area contributed by atoms with Gasteiger partial charge in [0.25, 0.3) is 0 Å². The second kappa shape index (κ2) is 13.5. The minimum absolute atomic E-state index is 0.00276. The highest BCUT2D eigenvalue weighted by Gasteiger charge is 2.36. The zero-order chi connectivity index (χ0) is 28.6. The van der Waals surface area contributed by atoms with E-state index in [4.69, 9.17) is 9.47 Å². The molecule has 1 N–H and O–H groups in total. The van der Waals surface area contributed by atoms with E-state index in [2.05, 4.69) is 17.4 Å². The summed E-state index contributed by atoms with van der Waals surface area (Å²) in [6.07, 6.45) is 1.58. The molecule has 8 heteroatoms. The fourth-order valence-corrected chi connectivity index (χ4v) is 5.11. The maximum atomic E-state index is 14.0. The van der Waals surface area contributed by atoms with Gasteiger partial charge in [-0.1, -0.05) is 36.4 Å². The molecule has 4 aromatic rings. The van der Waals surface area contributed by atoms with Crippen molar-refractivity contribution in [2.45, 2.75) is 25.3 Å². The lowest BCUT2D eigenvalue weighted by atomic mass is 9.96. The summed E-state index contributed by atoms with van der Waals surface area (Å²) in [5.74, 6) is -0.379. The first-order valence-electron chi connectivity index (χ1n) is 13.6. The number of likely N-dealkylation sites (tertiary alicyclic amines) is 1. The molecule has 0 unspecified atom stereocenters. The van der Waals surface area contributed by atoms with Gasteiger partial charge in [0.05, 0.1) is 19.4 Å². The van der Waals surface area contributed by atoms with Crippen molar-refractivity contribution in [3.8, 4) is 11.5 Å². The minimum Gasteiger partial charge on any atom is -0.457 e. The summed E-state index contributed by atoms with van der Waals surface area (Å²) in [7, 11) is 0. The summed E-state index contributed by atoms with van der Waals surface area (Å²) >= 11 is 0. The largest absolute Gasteiger partial charge is 0.457 e. The molecule has 1 heterocycles. The number of halogens is 3. The Kier molecular flexibility index (Phi) is 9.33. The van der Waals surface area contributed by atoms with Crippen molar-refractivity contribution in [1.82, 2.24) is 4.90 Å². The second-order valence-electron chi connectivity index (χ2n) is 10.1. The average molecular weight is 561 g/mol. The lowest BCUT2D eigenvalue weighted by Crippen LogP contribution is -2.40. The number of amides is 1. The topological polar surface area (TPSA) is 50.8 Å². The van der Waals surface area contributed by atoms with E-state index in [0.29, 0.717) is 30.2 Å². The molecule has 1 amide bonds. The number of hydrogen-bond acceptors (Lipinski definition) is 4. The Morgan fingerprint density at radius 2 is 1.49 bits per heavy atom. The quantitative estimate of drug-likeness (QED) is 0.201. The molecule has 212 valence electrons. The Labute approximate surface area is 237 Å². The van der Waals surface area contributed by atoms with Gasteiger partial charge in [0.15, 0.2) is 0 Å². The first-order chi connectivity index (χ1) is 19.9. The average Bonchev–Trinajstić information content (AvgIpc) is 3.37. The summed E-state index contributed by atoms with van der Waals surface area (Å²) < 4.78 is 52.6. The number of rotatable bonds is 11. The molecule has 2 atom stereocenters. The molecule has 0 saturated carbocycles. The molecule has 1 aliphatic heterocycles. The van der Waals surface area contributed by atoms with Crippen molar-refractivity contribution in [2.75, 3.05) is 25.2 Å². The Bertz CT molecular complexity index is 1410. The van der Waals surface area contributed by atoms with E-state index in [1.54, 1.807) is 36.4 Å². The Hall–Kier alpha value is -4.14. The van der Waals surface area contributed by atoms with Crippen LogP contribution in [-0.4, -0.2) is 36.7 Å². The smallest absolute Gasteiger partial charge is 0.241 e. The number of nitrogens with one attached hydrogen (secondary N) is 1. The van der Waals surface area contributed by atoms with Gasteiger partial charge >= 0.3 is 0 Å². The van der Waals surface area contributed by atoms with Crippen LogP contribution in [0.3, 0.4) is 0 Å². The third-order valence-electron chi connectivity index (χ3n) is 7.15. The highest BCUT2D eigenvalue weighted by Crippen LogP contribution is 2.28. The van der Waals surface area contributed by atoms with Crippen LogP contribution >= 0.6 is 0 Å². The van der Waals surface area contributed by atoms with E-state index in [9.17, 15) is 18.0 Å². The fourth-order valence-electron chi connectivity index (χ4n) is 5.11. The van der Waals surface area contributed by atoms with Crippen LogP contribution in [0.25, 0.3) is 0 Å². The van der Waals surface area contributed by atoms with Crippen LogP contribution in [0, 0.1) is 23.4 Å². The molecule has 0 spiro atoms. The van der Waals surface area contributed by atoms with Gasteiger partial charge in [-0.3, -0.25) is 9.69 Å². The lowest BCUT2D eigenvalue weighted by molar-refractivity contribution is -0.122. The summed E-state index contributed by atoms with van der Waals surface area (Å²) in [6, 6.07) is 26.2. The third kappa shape index (κ3) is 7.74. The number of nitrogens with zero attached hydrogens (tertiary/aromatic N) is 1. The van der Waals surface area contributed by atoms with Gasteiger partial charge in [-0.2, -0.15) is 0 Å². The van der Waals surface area contributed by atoms with Crippen molar-refractivity contribution in [1.29, 1.82) is 0 Å². The van der Waals surface area contributed by atoms with E-state index in [1.807, 2.05) is 23.1 Å². The molecule has 5 nitrogen and oxygen atoms in total. The molecule has 4 aromatic carbocycles. The second-order valence-corrected chi connectivity index (χ2v) is 10.1. The normalized spacial score (nSPS) is 17.0. The van der Waals surface area contributed by atoms with Crippen LogP contribution in [0.2, 0.25) is 0 Å². The molecule has 1 aliphatic rings. The first kappa shape index (κ1) is 28.4. The van der Waals surface area contributed by atoms with Gasteiger partial charge in [-0.15, -0.1) is 0 Å². The maximum Gasteiger partial charge on any atom is 0.241 e. The van der Waals surface area contributed by atoms with E-state index < -0.39 is 17.7 Å². The predicted molar refractivity (Wildman–Crippen MR) is 151 cm³/mol. The lowest BCUT2D eigenvalue weighted by Gasteiger charge is -2.23. The van der Waals surface area contributed by atoms with Crippen LogP contribution in [0.5, 0.6) is 11.5 Å². The fraction of sp³-hybridized carbons (Fsp3) is 0.242. The van der Waals surface area contributed by atoms with Crippen molar-refractivity contribution in [3.63, 3.8) is 0 Å². The molecule has 1 fully saturated rings. The summed E-state index contributed by atoms with van der Waals surface area (Å²) in [5.41, 5.74) is 1.81. The van der Waals surface area contributed by atoms with Gasteiger partial charge in [0.1, 0.15) is 29.0 Å². The van der Waals surface area contributed by atoms with E-state index in [-0.39, 0.29) is 43.0 Å². The highest BCUT2D eigenvalue weighted by molar-refractivity contribution is 5.95. The van der Waals surface area contributed by atoms with Crippen LogP contribution in [0.15, 0.2) is 97.1 Å². The molecular formula is C33H31F3N2O3. The third-order valence-corrected chi connectivity index (χ3v) is 7.15. The zero-order valence-electron chi connectivity index (χ0n) is 22.4. The van der Waals surface area contributed by atoms with E-state index in [0.717, 1.165) is 6.42 Å². The molecule has 0 aliphatic carbocycles. The van der Waals surface area contributed by atoms with Gasteiger partial charge in [-0.25, -0.2) is 13.2 Å². The SMILES string of the molecule is O=C(Nc1ccc(Oc2ccc(F)cc2)cc1)[C@@H]1C[C@@H](Cc2ccccc2)CN1COCCc1c(F)cccc1F. The summed E-state index contributed by atoms with van der Waals surface area (Å²) in [6.45, 7) is 0.955.